The molecule has 100 valence electrons. The first-order valence-corrected chi connectivity index (χ1v) is 13.0. The van der Waals surface area contributed by atoms with Crippen molar-refractivity contribution in [3.63, 3.8) is 0 Å². The van der Waals surface area contributed by atoms with Crippen LogP contribution in [-0.4, -0.2) is 33.4 Å². The van der Waals surface area contributed by atoms with Crippen LogP contribution in [0.15, 0.2) is 0 Å². The van der Waals surface area contributed by atoms with Crippen molar-refractivity contribution in [1.82, 2.24) is 4.90 Å². The van der Waals surface area contributed by atoms with Gasteiger partial charge < -0.3 is 0 Å². The molecule has 3 heterocycles. The van der Waals surface area contributed by atoms with Gasteiger partial charge in [0.1, 0.15) is 0 Å². The first kappa shape index (κ1) is 13.3. The summed E-state index contributed by atoms with van der Waals surface area (Å²) in [6, 6.07) is 0. The van der Waals surface area contributed by atoms with Crippen LogP contribution in [0.1, 0.15) is 51.9 Å². The SMILES string of the molecule is C=ICC12CCCC3(C)CCC([I-]C)(CC1)N32. The van der Waals surface area contributed by atoms with Crippen LogP contribution in [-0.2, 0) is 0 Å². The molecule has 1 nitrogen and oxygen atoms in total. The van der Waals surface area contributed by atoms with E-state index in [4.69, 9.17) is 0 Å². The van der Waals surface area contributed by atoms with Gasteiger partial charge in [-0.05, 0) is 0 Å². The Bertz CT molecular complexity index is 345. The molecule has 0 aromatic rings. The summed E-state index contributed by atoms with van der Waals surface area (Å²) in [6.45, 7) is 2.58. The summed E-state index contributed by atoms with van der Waals surface area (Å²) in [5.41, 5.74) is 1.19. The fourth-order valence-corrected chi connectivity index (χ4v) is 10.2. The molecule has 0 saturated carbocycles. The molecule has 0 aromatic heterocycles. The number of hydrogen-bond donors (Lipinski definition) is 0. The normalized spacial score (nSPS) is 49.8. The van der Waals surface area contributed by atoms with Crippen molar-refractivity contribution in [3.8, 4) is 0 Å². The average molecular weight is 460 g/mol. The molecule has 17 heavy (non-hydrogen) atoms. The van der Waals surface area contributed by atoms with Crippen LogP contribution in [0.2, 0.25) is 0 Å². The van der Waals surface area contributed by atoms with Crippen molar-refractivity contribution in [1.29, 1.82) is 0 Å². The van der Waals surface area contributed by atoms with E-state index in [9.17, 15) is 0 Å². The molecular weight excluding hydrogens is 436 g/mol. The Morgan fingerprint density at radius 1 is 1.18 bits per heavy atom. The van der Waals surface area contributed by atoms with Crippen LogP contribution in [0.4, 0.5) is 0 Å². The number of halogens is 2. The fraction of sp³-hybridized carbons (Fsp3) is 0.929. The summed E-state index contributed by atoms with van der Waals surface area (Å²) < 4.78 is 6.44. The van der Waals surface area contributed by atoms with Gasteiger partial charge in [-0.15, -0.1) is 0 Å². The van der Waals surface area contributed by atoms with E-state index in [1.165, 1.54) is 49.4 Å². The summed E-state index contributed by atoms with van der Waals surface area (Å²) in [6.07, 6.45) is 10.5. The molecular formula is C14H24I2N-. The second-order valence-electron chi connectivity index (χ2n) is 6.34. The second-order valence-corrected chi connectivity index (χ2v) is 11.3. The Kier molecular flexibility index (Phi) is 3.44. The number of rotatable bonds is 3. The summed E-state index contributed by atoms with van der Waals surface area (Å²) >= 11 is 0.552. The molecule has 0 aliphatic carbocycles. The van der Waals surface area contributed by atoms with Gasteiger partial charge in [-0.25, -0.2) is 0 Å². The van der Waals surface area contributed by atoms with E-state index in [2.05, 4.69) is 21.3 Å². The molecule has 3 aliphatic rings. The third kappa shape index (κ3) is 1.73. The van der Waals surface area contributed by atoms with E-state index in [1.54, 1.807) is 0 Å². The van der Waals surface area contributed by atoms with Gasteiger partial charge in [0.25, 0.3) is 0 Å². The molecule has 0 aromatic carbocycles. The van der Waals surface area contributed by atoms with Crippen molar-refractivity contribution in [2.75, 3.05) is 9.36 Å². The molecule has 0 amide bonds. The number of hydrogen-bond acceptors (Lipinski definition) is 1. The molecule has 0 spiro atoms. The van der Waals surface area contributed by atoms with Gasteiger partial charge in [-0.3, -0.25) is 0 Å². The third-order valence-corrected chi connectivity index (χ3v) is 11.0. The summed E-state index contributed by atoms with van der Waals surface area (Å²) in [5.74, 6) is 0. The number of alkyl halides is 3. The Morgan fingerprint density at radius 3 is 2.65 bits per heavy atom. The zero-order valence-electron chi connectivity index (χ0n) is 11.1. The van der Waals surface area contributed by atoms with Crippen LogP contribution in [0.5, 0.6) is 0 Å². The summed E-state index contributed by atoms with van der Waals surface area (Å²) in [4.78, 5) is 5.64. The van der Waals surface area contributed by atoms with Crippen molar-refractivity contribution < 1.29 is 21.2 Å². The predicted molar refractivity (Wildman–Crippen MR) is 80.0 cm³/mol. The zero-order valence-corrected chi connectivity index (χ0v) is 15.4. The molecule has 3 unspecified atom stereocenters. The molecule has 3 atom stereocenters. The zero-order chi connectivity index (χ0) is 12.1. The van der Waals surface area contributed by atoms with Gasteiger partial charge in [0.2, 0.25) is 0 Å². The Morgan fingerprint density at radius 2 is 1.94 bits per heavy atom. The van der Waals surface area contributed by atoms with E-state index in [-0.39, 0.29) is 20.7 Å². The molecule has 0 bridgehead atoms. The van der Waals surface area contributed by atoms with Crippen LogP contribution < -0.4 is 21.2 Å². The summed E-state index contributed by atoms with van der Waals surface area (Å²) in [5, 5.41) is 0. The second kappa shape index (κ2) is 4.40. The fourth-order valence-electron chi connectivity index (χ4n) is 4.85. The third-order valence-electron chi connectivity index (χ3n) is 5.49. The maximum atomic E-state index is 4.27. The average Bonchev–Trinajstić information content (AvgIpc) is 2.80. The standard InChI is InChI=1S/C14H24I2N/c1-12-5-4-6-13(11-15-2)8-10-14(16-3,9-7-12)17(12)13/h2,4-11H2,1,3H3/q-1. The maximum absolute atomic E-state index is 4.27. The van der Waals surface area contributed by atoms with Crippen molar-refractivity contribution in [2.45, 2.75) is 66.5 Å². The van der Waals surface area contributed by atoms with Gasteiger partial charge in [-0.1, -0.05) is 0 Å². The predicted octanol–water partition coefficient (Wildman–Crippen LogP) is 0.375. The van der Waals surface area contributed by atoms with Gasteiger partial charge in [0.05, 0.1) is 0 Å². The summed E-state index contributed by atoms with van der Waals surface area (Å²) in [7, 11) is 0. The van der Waals surface area contributed by atoms with E-state index in [1.807, 2.05) is 0 Å². The molecule has 3 aliphatic heterocycles. The molecule has 3 saturated heterocycles. The van der Waals surface area contributed by atoms with Gasteiger partial charge in [-0.2, -0.15) is 0 Å². The van der Waals surface area contributed by atoms with E-state index < -0.39 is 0 Å². The van der Waals surface area contributed by atoms with Crippen molar-refractivity contribution in [3.05, 3.63) is 0 Å². The molecule has 3 heteroatoms. The number of piperidine rings is 1. The monoisotopic (exact) mass is 460 g/mol. The van der Waals surface area contributed by atoms with Crippen LogP contribution in [0.3, 0.4) is 0 Å². The van der Waals surface area contributed by atoms with E-state index in [0.717, 1.165) is 0 Å². The molecule has 0 radical (unpaired) electrons. The van der Waals surface area contributed by atoms with E-state index in [0.29, 0.717) is 35.8 Å². The van der Waals surface area contributed by atoms with Gasteiger partial charge in [0.15, 0.2) is 0 Å². The Balaban J connectivity index is 2.04. The topological polar surface area (TPSA) is 3.24 Å². The molecule has 0 N–H and O–H groups in total. The van der Waals surface area contributed by atoms with Crippen LogP contribution in [0.25, 0.3) is 0 Å². The van der Waals surface area contributed by atoms with Gasteiger partial charge in [0, 0.05) is 0 Å². The Labute approximate surface area is 126 Å². The molecule has 3 fully saturated rings. The van der Waals surface area contributed by atoms with E-state index >= 15 is 0 Å². The first-order chi connectivity index (χ1) is 8.11. The quantitative estimate of drug-likeness (QED) is 0.335. The molecule has 3 rings (SSSR count). The van der Waals surface area contributed by atoms with Crippen LogP contribution >= 0.6 is 20.7 Å². The minimum absolute atomic E-state index is 0.198. The van der Waals surface area contributed by atoms with Crippen molar-refractivity contribution >= 4 is 25.2 Å². The van der Waals surface area contributed by atoms with Crippen molar-refractivity contribution in [2.24, 2.45) is 0 Å². The first-order valence-electron chi connectivity index (χ1n) is 6.75. The minimum atomic E-state index is 0.198. The number of nitrogens with zero attached hydrogens (tertiary/aromatic N) is 1. The van der Waals surface area contributed by atoms with Crippen LogP contribution in [0, 0.1) is 0 Å². The van der Waals surface area contributed by atoms with Gasteiger partial charge >= 0.3 is 127 Å². The Hall–Kier alpha value is 1.29.